The molecule has 0 atom stereocenters. The van der Waals surface area contributed by atoms with Crippen LogP contribution in [-0.2, 0) is 4.79 Å². The fourth-order valence-electron chi connectivity index (χ4n) is 3.04. The Morgan fingerprint density at radius 2 is 1.88 bits per heavy atom. The molecule has 3 rings (SSSR count). The lowest BCUT2D eigenvalue weighted by Crippen LogP contribution is -2.38. The maximum atomic E-state index is 12.8. The van der Waals surface area contributed by atoms with E-state index in [1.165, 1.54) is 0 Å². The standard InChI is InChI=1S/C17H22N6O2/c1-13-16(19-20-23(13)14-6-3-2-4-7-14)17(25)22-9-5-8-21(10-11-22)12-15(18)24/h2-4,6-7H,5,8-12H2,1H3,(H2,18,24). The first-order valence-corrected chi connectivity index (χ1v) is 8.34. The minimum atomic E-state index is -0.346. The maximum Gasteiger partial charge on any atom is 0.276 e. The van der Waals surface area contributed by atoms with Crippen molar-refractivity contribution in [2.45, 2.75) is 13.3 Å². The van der Waals surface area contributed by atoms with Crippen LogP contribution in [0.15, 0.2) is 30.3 Å². The van der Waals surface area contributed by atoms with Crippen LogP contribution in [-0.4, -0.2) is 69.3 Å². The second kappa shape index (κ2) is 7.43. The first kappa shape index (κ1) is 17.1. The summed E-state index contributed by atoms with van der Waals surface area (Å²) in [6, 6.07) is 9.60. The molecule has 1 aromatic carbocycles. The summed E-state index contributed by atoms with van der Waals surface area (Å²) in [7, 11) is 0. The summed E-state index contributed by atoms with van der Waals surface area (Å²) in [4.78, 5) is 27.7. The highest BCUT2D eigenvalue weighted by molar-refractivity contribution is 5.93. The molecular weight excluding hydrogens is 320 g/mol. The predicted octanol–water partition coefficient (Wildman–Crippen LogP) is 0.209. The average molecular weight is 342 g/mol. The minimum absolute atomic E-state index is 0.124. The number of carbonyl (C=O) groups excluding carboxylic acids is 2. The summed E-state index contributed by atoms with van der Waals surface area (Å²) in [5.74, 6) is -0.470. The molecule has 0 bridgehead atoms. The van der Waals surface area contributed by atoms with Gasteiger partial charge >= 0.3 is 0 Å². The van der Waals surface area contributed by atoms with Gasteiger partial charge in [-0.2, -0.15) is 0 Å². The van der Waals surface area contributed by atoms with E-state index in [0.717, 1.165) is 24.3 Å². The van der Waals surface area contributed by atoms with Gasteiger partial charge in [0, 0.05) is 26.2 Å². The van der Waals surface area contributed by atoms with Gasteiger partial charge in [-0.25, -0.2) is 4.68 Å². The Hall–Kier alpha value is -2.74. The smallest absolute Gasteiger partial charge is 0.276 e. The van der Waals surface area contributed by atoms with E-state index in [9.17, 15) is 9.59 Å². The van der Waals surface area contributed by atoms with E-state index in [1.807, 2.05) is 42.2 Å². The number of hydrogen-bond acceptors (Lipinski definition) is 5. The molecule has 132 valence electrons. The van der Waals surface area contributed by atoms with Gasteiger partial charge in [0.15, 0.2) is 5.69 Å². The Bertz CT molecular complexity index is 758. The van der Waals surface area contributed by atoms with Crippen LogP contribution in [0.2, 0.25) is 0 Å². The van der Waals surface area contributed by atoms with Gasteiger partial charge in [0.1, 0.15) is 0 Å². The molecular formula is C17H22N6O2. The molecule has 0 spiro atoms. The van der Waals surface area contributed by atoms with Crippen molar-refractivity contribution in [1.82, 2.24) is 24.8 Å². The highest BCUT2D eigenvalue weighted by Gasteiger charge is 2.25. The molecule has 2 heterocycles. The summed E-state index contributed by atoms with van der Waals surface area (Å²) in [6.07, 6.45) is 0.797. The van der Waals surface area contributed by atoms with Crippen LogP contribution in [0.4, 0.5) is 0 Å². The third kappa shape index (κ3) is 3.85. The quantitative estimate of drug-likeness (QED) is 0.856. The van der Waals surface area contributed by atoms with E-state index >= 15 is 0 Å². The summed E-state index contributed by atoms with van der Waals surface area (Å²) in [5, 5.41) is 8.23. The molecule has 8 nitrogen and oxygen atoms in total. The minimum Gasteiger partial charge on any atom is -0.369 e. The lowest BCUT2D eigenvalue weighted by molar-refractivity contribution is -0.119. The molecule has 0 radical (unpaired) electrons. The van der Waals surface area contributed by atoms with Crippen molar-refractivity contribution in [3.63, 3.8) is 0 Å². The lowest BCUT2D eigenvalue weighted by Gasteiger charge is -2.20. The number of nitrogens with two attached hydrogens (primary N) is 1. The van der Waals surface area contributed by atoms with E-state index in [0.29, 0.717) is 25.3 Å². The number of primary amides is 1. The molecule has 25 heavy (non-hydrogen) atoms. The first-order chi connectivity index (χ1) is 12.1. The lowest BCUT2D eigenvalue weighted by atomic mass is 10.2. The Morgan fingerprint density at radius 3 is 2.60 bits per heavy atom. The number of rotatable bonds is 4. The molecule has 1 aliphatic rings. The molecule has 0 aliphatic carbocycles. The topological polar surface area (TPSA) is 97.4 Å². The van der Waals surface area contributed by atoms with Gasteiger partial charge in [-0.1, -0.05) is 23.4 Å². The molecule has 1 aromatic heterocycles. The molecule has 1 fully saturated rings. The van der Waals surface area contributed by atoms with Crippen LogP contribution in [0, 0.1) is 6.92 Å². The van der Waals surface area contributed by atoms with Gasteiger partial charge in [0.05, 0.1) is 17.9 Å². The third-order valence-corrected chi connectivity index (χ3v) is 4.35. The maximum absolute atomic E-state index is 12.8. The molecule has 2 N–H and O–H groups in total. The summed E-state index contributed by atoms with van der Waals surface area (Å²) in [5.41, 5.74) is 7.21. The summed E-state index contributed by atoms with van der Waals surface area (Å²) in [6.45, 7) is 4.63. The number of carbonyl (C=O) groups is 2. The molecule has 0 saturated carbocycles. The third-order valence-electron chi connectivity index (χ3n) is 4.35. The van der Waals surface area contributed by atoms with Crippen molar-refractivity contribution in [2.24, 2.45) is 5.73 Å². The number of aromatic nitrogens is 3. The van der Waals surface area contributed by atoms with E-state index in [1.54, 1.807) is 9.58 Å². The first-order valence-electron chi connectivity index (χ1n) is 8.34. The normalized spacial score (nSPS) is 15.8. The Kier molecular flexibility index (Phi) is 5.08. The van der Waals surface area contributed by atoms with Gasteiger partial charge in [-0.05, 0) is 25.5 Å². The van der Waals surface area contributed by atoms with E-state index in [4.69, 9.17) is 5.73 Å². The fraction of sp³-hybridized carbons (Fsp3) is 0.412. The van der Waals surface area contributed by atoms with Crippen molar-refractivity contribution in [3.05, 3.63) is 41.7 Å². The van der Waals surface area contributed by atoms with Gasteiger partial charge in [0.2, 0.25) is 5.91 Å². The SMILES string of the molecule is Cc1c(C(=O)N2CCCN(CC(N)=O)CC2)nnn1-c1ccccc1. The van der Waals surface area contributed by atoms with Crippen LogP contribution in [0.25, 0.3) is 5.69 Å². The molecule has 1 aliphatic heterocycles. The number of nitrogens with zero attached hydrogens (tertiary/aromatic N) is 5. The largest absolute Gasteiger partial charge is 0.369 e. The number of para-hydroxylation sites is 1. The molecule has 2 aromatic rings. The van der Waals surface area contributed by atoms with E-state index < -0.39 is 0 Å². The monoisotopic (exact) mass is 342 g/mol. The van der Waals surface area contributed by atoms with Crippen LogP contribution < -0.4 is 5.73 Å². The van der Waals surface area contributed by atoms with Gasteiger partial charge in [-0.15, -0.1) is 5.10 Å². The van der Waals surface area contributed by atoms with Crippen molar-refractivity contribution < 1.29 is 9.59 Å². The van der Waals surface area contributed by atoms with Crippen molar-refractivity contribution in [3.8, 4) is 5.69 Å². The highest BCUT2D eigenvalue weighted by atomic mass is 16.2. The Labute approximate surface area is 146 Å². The zero-order valence-corrected chi connectivity index (χ0v) is 14.3. The van der Waals surface area contributed by atoms with Crippen LogP contribution in [0.1, 0.15) is 22.6 Å². The zero-order chi connectivity index (χ0) is 17.8. The van der Waals surface area contributed by atoms with Crippen LogP contribution in [0.5, 0.6) is 0 Å². The van der Waals surface area contributed by atoms with Crippen molar-refractivity contribution in [2.75, 3.05) is 32.7 Å². The molecule has 8 heteroatoms. The number of hydrogen-bond donors (Lipinski definition) is 1. The van der Waals surface area contributed by atoms with Crippen LogP contribution >= 0.6 is 0 Å². The summed E-state index contributed by atoms with van der Waals surface area (Å²) < 4.78 is 1.67. The summed E-state index contributed by atoms with van der Waals surface area (Å²) >= 11 is 0. The zero-order valence-electron chi connectivity index (χ0n) is 14.3. The van der Waals surface area contributed by atoms with Crippen molar-refractivity contribution >= 4 is 11.8 Å². The molecule has 1 saturated heterocycles. The average Bonchev–Trinajstić information content (AvgIpc) is 2.83. The molecule has 2 amide bonds. The number of benzene rings is 1. The van der Waals surface area contributed by atoms with Gasteiger partial charge in [0.25, 0.3) is 5.91 Å². The predicted molar refractivity (Wildman–Crippen MR) is 92.3 cm³/mol. The van der Waals surface area contributed by atoms with Gasteiger partial charge in [-0.3, -0.25) is 14.5 Å². The highest BCUT2D eigenvalue weighted by Crippen LogP contribution is 2.14. The second-order valence-electron chi connectivity index (χ2n) is 6.16. The fourth-order valence-corrected chi connectivity index (χ4v) is 3.04. The van der Waals surface area contributed by atoms with Crippen LogP contribution in [0.3, 0.4) is 0 Å². The van der Waals surface area contributed by atoms with E-state index in [2.05, 4.69) is 10.3 Å². The molecule has 0 unspecified atom stereocenters. The van der Waals surface area contributed by atoms with E-state index in [-0.39, 0.29) is 18.4 Å². The Balaban J connectivity index is 1.73. The Morgan fingerprint density at radius 1 is 1.12 bits per heavy atom. The second-order valence-corrected chi connectivity index (χ2v) is 6.16. The number of amides is 2. The van der Waals surface area contributed by atoms with Gasteiger partial charge < -0.3 is 10.6 Å². The van der Waals surface area contributed by atoms with Crippen molar-refractivity contribution in [1.29, 1.82) is 0 Å².